The number of aliphatic hydroxyl groups is 4. The Kier molecular flexibility index (Phi) is 7.19. The summed E-state index contributed by atoms with van der Waals surface area (Å²) in [6.07, 6.45) is -7.25. The molecule has 2 saturated heterocycles. The van der Waals surface area contributed by atoms with Crippen molar-refractivity contribution >= 4 is 0 Å². The third-order valence-corrected chi connectivity index (χ3v) is 4.98. The molecule has 6 N–H and O–H groups in total. The van der Waals surface area contributed by atoms with Gasteiger partial charge in [-0.2, -0.15) is 0 Å². The van der Waals surface area contributed by atoms with Crippen molar-refractivity contribution < 1.29 is 34.6 Å². The Morgan fingerprint density at radius 1 is 1.10 bits per heavy atom. The Morgan fingerprint density at radius 2 is 1.83 bits per heavy atom. The SMILES string of the molecule is CCCNC[C@H]1O[C@@H](OC[C@H]2O[C@@H](n3ccc(=O)[nH]c3=O)[C@H](O)[C@@H]2O)[C@H](O)[C@@H]1O. The molecule has 12 nitrogen and oxygen atoms in total. The molecular formula is C17H27N3O9. The van der Waals surface area contributed by atoms with Gasteiger partial charge < -0.3 is 40.0 Å². The predicted octanol–water partition coefficient (Wildman–Crippen LogP) is -3.38. The summed E-state index contributed by atoms with van der Waals surface area (Å²) in [6.45, 7) is 2.80. The van der Waals surface area contributed by atoms with Gasteiger partial charge in [0.05, 0.1) is 6.61 Å². The van der Waals surface area contributed by atoms with Crippen LogP contribution in [0.5, 0.6) is 0 Å². The van der Waals surface area contributed by atoms with Gasteiger partial charge in [-0.3, -0.25) is 14.3 Å². The van der Waals surface area contributed by atoms with E-state index in [1.165, 1.54) is 0 Å². The largest absolute Gasteiger partial charge is 0.387 e. The lowest BCUT2D eigenvalue weighted by Gasteiger charge is -2.20. The maximum atomic E-state index is 11.9. The number of nitrogens with zero attached hydrogens (tertiary/aromatic N) is 1. The van der Waals surface area contributed by atoms with Gasteiger partial charge >= 0.3 is 5.69 Å². The predicted molar refractivity (Wildman–Crippen MR) is 97.0 cm³/mol. The number of H-pyrrole nitrogens is 1. The molecule has 0 amide bonds. The molecule has 3 heterocycles. The van der Waals surface area contributed by atoms with Crippen LogP contribution in [-0.4, -0.2) is 92.6 Å². The van der Waals surface area contributed by atoms with E-state index in [0.717, 1.165) is 29.8 Å². The number of hydrogen-bond donors (Lipinski definition) is 6. The second-order valence-electron chi connectivity index (χ2n) is 7.13. The van der Waals surface area contributed by atoms with Crippen LogP contribution < -0.4 is 16.6 Å². The van der Waals surface area contributed by atoms with Gasteiger partial charge in [0.1, 0.15) is 36.6 Å². The van der Waals surface area contributed by atoms with Crippen molar-refractivity contribution in [2.75, 3.05) is 19.7 Å². The Hall–Kier alpha value is -1.64. The van der Waals surface area contributed by atoms with Crippen LogP contribution in [0, 0.1) is 0 Å². The van der Waals surface area contributed by atoms with E-state index in [4.69, 9.17) is 14.2 Å². The monoisotopic (exact) mass is 417 g/mol. The number of nitrogens with one attached hydrogen (secondary N) is 2. The lowest BCUT2D eigenvalue weighted by molar-refractivity contribution is -0.187. The number of ether oxygens (including phenoxy) is 3. The zero-order chi connectivity index (χ0) is 21.1. The maximum Gasteiger partial charge on any atom is 0.330 e. The third kappa shape index (κ3) is 4.75. The van der Waals surface area contributed by atoms with E-state index in [0.29, 0.717) is 6.54 Å². The maximum absolute atomic E-state index is 11.9. The molecule has 12 heteroatoms. The topological polar surface area (TPSA) is 175 Å². The minimum atomic E-state index is -1.45. The molecule has 0 radical (unpaired) electrons. The van der Waals surface area contributed by atoms with E-state index in [-0.39, 0.29) is 6.61 Å². The average Bonchev–Trinajstić information content (AvgIpc) is 3.12. The molecule has 29 heavy (non-hydrogen) atoms. The van der Waals surface area contributed by atoms with Crippen LogP contribution in [0.15, 0.2) is 21.9 Å². The fourth-order valence-corrected chi connectivity index (χ4v) is 3.36. The zero-order valence-electron chi connectivity index (χ0n) is 15.9. The molecule has 2 aliphatic rings. The first-order valence-corrected chi connectivity index (χ1v) is 9.50. The molecular weight excluding hydrogens is 390 g/mol. The number of aliphatic hydroxyl groups excluding tert-OH is 4. The third-order valence-electron chi connectivity index (χ3n) is 4.98. The minimum absolute atomic E-state index is 0.267. The van der Waals surface area contributed by atoms with Gasteiger partial charge in [-0.05, 0) is 13.0 Å². The second-order valence-corrected chi connectivity index (χ2v) is 7.13. The molecule has 1 aromatic rings. The molecule has 2 aliphatic heterocycles. The highest BCUT2D eigenvalue weighted by Crippen LogP contribution is 2.29. The highest BCUT2D eigenvalue weighted by atomic mass is 16.7. The van der Waals surface area contributed by atoms with Crippen LogP contribution in [0.4, 0.5) is 0 Å². The molecule has 0 unspecified atom stereocenters. The molecule has 0 aliphatic carbocycles. The molecule has 0 spiro atoms. The highest BCUT2D eigenvalue weighted by Gasteiger charge is 2.47. The van der Waals surface area contributed by atoms with E-state index in [1.807, 2.05) is 11.9 Å². The van der Waals surface area contributed by atoms with Crippen LogP contribution in [0.25, 0.3) is 0 Å². The molecule has 0 aromatic carbocycles. The first-order valence-electron chi connectivity index (χ1n) is 9.50. The normalized spacial score (nSPS) is 37.3. The van der Waals surface area contributed by atoms with Crippen molar-refractivity contribution in [1.82, 2.24) is 14.9 Å². The molecule has 164 valence electrons. The Morgan fingerprint density at radius 3 is 2.52 bits per heavy atom. The highest BCUT2D eigenvalue weighted by molar-refractivity contribution is 4.94. The summed E-state index contributed by atoms with van der Waals surface area (Å²) in [5, 5.41) is 43.7. The van der Waals surface area contributed by atoms with E-state index < -0.39 is 60.4 Å². The van der Waals surface area contributed by atoms with E-state index in [9.17, 15) is 30.0 Å². The van der Waals surface area contributed by atoms with Crippen LogP contribution in [-0.2, 0) is 14.2 Å². The summed E-state index contributed by atoms with van der Waals surface area (Å²) in [6, 6.07) is 1.09. The fraction of sp³-hybridized carbons (Fsp3) is 0.765. The summed E-state index contributed by atoms with van der Waals surface area (Å²) < 4.78 is 17.5. The molecule has 0 bridgehead atoms. The number of rotatable bonds is 8. The number of aromatic nitrogens is 2. The lowest BCUT2D eigenvalue weighted by atomic mass is 10.1. The van der Waals surface area contributed by atoms with Gasteiger partial charge in [0.25, 0.3) is 5.56 Å². The van der Waals surface area contributed by atoms with Crippen LogP contribution in [0.3, 0.4) is 0 Å². The van der Waals surface area contributed by atoms with Crippen molar-refractivity contribution in [3.8, 4) is 0 Å². The summed E-state index contributed by atoms with van der Waals surface area (Å²) >= 11 is 0. The van der Waals surface area contributed by atoms with Crippen molar-refractivity contribution in [1.29, 1.82) is 0 Å². The van der Waals surface area contributed by atoms with Gasteiger partial charge in [0.2, 0.25) is 0 Å². The van der Waals surface area contributed by atoms with Gasteiger partial charge in [-0.15, -0.1) is 0 Å². The van der Waals surface area contributed by atoms with Crippen LogP contribution in [0.2, 0.25) is 0 Å². The van der Waals surface area contributed by atoms with Gasteiger partial charge in [0.15, 0.2) is 12.5 Å². The number of aromatic amines is 1. The minimum Gasteiger partial charge on any atom is -0.387 e. The van der Waals surface area contributed by atoms with E-state index in [1.54, 1.807) is 0 Å². The average molecular weight is 417 g/mol. The zero-order valence-corrected chi connectivity index (χ0v) is 15.9. The summed E-state index contributed by atoms with van der Waals surface area (Å²) in [4.78, 5) is 25.1. The van der Waals surface area contributed by atoms with Crippen molar-refractivity contribution in [2.24, 2.45) is 0 Å². The molecule has 2 fully saturated rings. The van der Waals surface area contributed by atoms with Crippen molar-refractivity contribution in [3.05, 3.63) is 33.1 Å². The Labute approximate surface area is 165 Å². The second kappa shape index (κ2) is 9.45. The number of hydrogen-bond acceptors (Lipinski definition) is 10. The van der Waals surface area contributed by atoms with Gasteiger partial charge in [0, 0.05) is 18.8 Å². The van der Waals surface area contributed by atoms with Crippen LogP contribution in [0.1, 0.15) is 19.6 Å². The first-order chi connectivity index (χ1) is 13.8. The Balaban J connectivity index is 1.58. The smallest absolute Gasteiger partial charge is 0.330 e. The van der Waals surface area contributed by atoms with Gasteiger partial charge in [-0.25, -0.2) is 4.79 Å². The standard InChI is InChI=1S/C17H27N3O9/c1-2-4-18-6-8-11(22)14(25)16(29-8)27-7-9-12(23)13(24)15(28-9)20-5-3-10(21)19-17(20)26/h3,5,8-9,11-16,18,22-25H,2,4,6-7H2,1H3,(H,19,21,26)/t8-,9-,11-,12-,13-,14-,15-,16-/m1/s1. The van der Waals surface area contributed by atoms with E-state index >= 15 is 0 Å². The van der Waals surface area contributed by atoms with Crippen LogP contribution >= 0.6 is 0 Å². The summed E-state index contributed by atoms with van der Waals surface area (Å²) in [7, 11) is 0. The lowest BCUT2D eigenvalue weighted by Crippen LogP contribution is -2.39. The Bertz CT molecular complexity index is 784. The van der Waals surface area contributed by atoms with Crippen molar-refractivity contribution in [2.45, 2.75) is 62.5 Å². The summed E-state index contributed by atoms with van der Waals surface area (Å²) in [5.41, 5.74) is -1.40. The quantitative estimate of drug-likeness (QED) is 0.234. The molecule has 1 aromatic heterocycles. The summed E-state index contributed by atoms with van der Waals surface area (Å²) in [5.74, 6) is 0. The van der Waals surface area contributed by atoms with E-state index in [2.05, 4.69) is 5.32 Å². The molecule has 0 saturated carbocycles. The first kappa shape index (κ1) is 22.1. The van der Waals surface area contributed by atoms with Crippen molar-refractivity contribution in [3.63, 3.8) is 0 Å². The fourth-order valence-electron chi connectivity index (χ4n) is 3.36. The van der Waals surface area contributed by atoms with Gasteiger partial charge in [-0.1, -0.05) is 6.92 Å². The molecule has 8 atom stereocenters. The molecule has 3 rings (SSSR count).